The van der Waals surface area contributed by atoms with Gasteiger partial charge in [0.2, 0.25) is 0 Å². The van der Waals surface area contributed by atoms with Crippen molar-refractivity contribution in [3.63, 3.8) is 0 Å². The summed E-state index contributed by atoms with van der Waals surface area (Å²) in [6.07, 6.45) is 8.88. The summed E-state index contributed by atoms with van der Waals surface area (Å²) in [6, 6.07) is 0. The van der Waals surface area contributed by atoms with Gasteiger partial charge in [0.1, 0.15) is 6.10 Å². The molecule has 4 nitrogen and oxygen atoms in total. The standard InChI is InChI=1S/C17H24O4/c1-4-19-17(18)8-6-14-9-12(2)5-7-16(14)13(3)20-10-15-11-21-15/h5-8,13-15H,4,9-11H2,1-3H3/b8-6+/t13-,14?,15?/m1/s1. The van der Waals surface area contributed by atoms with E-state index in [4.69, 9.17) is 14.2 Å². The molecule has 0 aromatic carbocycles. The topological polar surface area (TPSA) is 48.1 Å². The lowest BCUT2D eigenvalue weighted by Crippen LogP contribution is -2.21. The van der Waals surface area contributed by atoms with Crippen molar-refractivity contribution in [2.24, 2.45) is 5.92 Å². The molecule has 0 aromatic heterocycles. The van der Waals surface area contributed by atoms with Crippen molar-refractivity contribution in [3.05, 3.63) is 35.5 Å². The Balaban J connectivity index is 1.97. The summed E-state index contributed by atoms with van der Waals surface area (Å²) in [5.41, 5.74) is 2.50. The van der Waals surface area contributed by atoms with Crippen LogP contribution in [0.3, 0.4) is 0 Å². The van der Waals surface area contributed by atoms with E-state index in [2.05, 4.69) is 19.1 Å². The van der Waals surface area contributed by atoms with Crippen LogP contribution in [-0.2, 0) is 19.0 Å². The lowest BCUT2D eigenvalue weighted by atomic mass is 9.84. The zero-order valence-electron chi connectivity index (χ0n) is 13.0. The van der Waals surface area contributed by atoms with Crippen molar-refractivity contribution in [2.45, 2.75) is 39.4 Å². The average molecular weight is 292 g/mol. The van der Waals surface area contributed by atoms with Crippen molar-refractivity contribution < 1.29 is 19.0 Å². The van der Waals surface area contributed by atoms with Gasteiger partial charge in [-0.3, -0.25) is 0 Å². The van der Waals surface area contributed by atoms with Crippen LogP contribution in [0, 0.1) is 5.92 Å². The fourth-order valence-electron chi connectivity index (χ4n) is 2.41. The predicted molar refractivity (Wildman–Crippen MR) is 80.9 cm³/mol. The van der Waals surface area contributed by atoms with E-state index in [1.807, 2.05) is 13.0 Å². The summed E-state index contributed by atoms with van der Waals surface area (Å²) >= 11 is 0. The molecule has 1 aliphatic carbocycles. The van der Waals surface area contributed by atoms with Gasteiger partial charge in [-0.05, 0) is 32.8 Å². The van der Waals surface area contributed by atoms with Crippen LogP contribution < -0.4 is 0 Å². The highest BCUT2D eigenvalue weighted by Gasteiger charge is 2.26. The van der Waals surface area contributed by atoms with E-state index in [9.17, 15) is 4.79 Å². The molecule has 116 valence electrons. The second-order valence-corrected chi connectivity index (χ2v) is 5.53. The molecule has 21 heavy (non-hydrogen) atoms. The summed E-state index contributed by atoms with van der Waals surface area (Å²) in [7, 11) is 0. The molecular weight excluding hydrogens is 268 g/mol. The van der Waals surface area contributed by atoms with Gasteiger partial charge in [0.05, 0.1) is 25.9 Å². The third kappa shape index (κ3) is 5.14. The van der Waals surface area contributed by atoms with Crippen LogP contribution in [0.5, 0.6) is 0 Å². The fourth-order valence-corrected chi connectivity index (χ4v) is 2.41. The molecule has 0 aromatic rings. The third-order valence-electron chi connectivity index (χ3n) is 3.69. The quantitative estimate of drug-likeness (QED) is 0.411. The van der Waals surface area contributed by atoms with E-state index in [1.54, 1.807) is 6.92 Å². The zero-order chi connectivity index (χ0) is 15.2. The van der Waals surface area contributed by atoms with Crippen LogP contribution in [-0.4, -0.2) is 38.0 Å². The predicted octanol–water partition coefficient (Wildman–Crippen LogP) is 2.80. The Morgan fingerprint density at radius 3 is 2.95 bits per heavy atom. The van der Waals surface area contributed by atoms with Gasteiger partial charge in [0.15, 0.2) is 0 Å². The Morgan fingerprint density at radius 2 is 2.29 bits per heavy atom. The maximum absolute atomic E-state index is 11.5. The first-order chi connectivity index (χ1) is 10.1. The van der Waals surface area contributed by atoms with Gasteiger partial charge in [-0.15, -0.1) is 0 Å². The van der Waals surface area contributed by atoms with E-state index in [0.29, 0.717) is 13.2 Å². The smallest absolute Gasteiger partial charge is 0.330 e. The van der Waals surface area contributed by atoms with Crippen LogP contribution in [0.15, 0.2) is 35.5 Å². The largest absolute Gasteiger partial charge is 0.463 e. The van der Waals surface area contributed by atoms with Crippen molar-refractivity contribution in [1.29, 1.82) is 0 Å². The van der Waals surface area contributed by atoms with Crippen LogP contribution in [0.2, 0.25) is 0 Å². The Hall–Kier alpha value is -1.39. The maximum Gasteiger partial charge on any atom is 0.330 e. The molecule has 0 saturated carbocycles. The average Bonchev–Trinajstić information content (AvgIpc) is 3.27. The summed E-state index contributed by atoms with van der Waals surface area (Å²) < 4.78 is 16.0. The number of epoxide rings is 1. The number of carbonyl (C=O) groups excluding carboxylic acids is 1. The summed E-state index contributed by atoms with van der Waals surface area (Å²) in [5.74, 6) is -0.0986. The normalized spacial score (nSPS) is 26.2. The molecule has 1 saturated heterocycles. The summed E-state index contributed by atoms with van der Waals surface area (Å²) in [4.78, 5) is 11.5. The number of carbonyl (C=O) groups is 1. The second kappa shape index (κ2) is 7.57. The van der Waals surface area contributed by atoms with Gasteiger partial charge in [-0.1, -0.05) is 23.8 Å². The van der Waals surface area contributed by atoms with Crippen LogP contribution >= 0.6 is 0 Å². The van der Waals surface area contributed by atoms with E-state index in [1.165, 1.54) is 17.2 Å². The van der Waals surface area contributed by atoms with E-state index < -0.39 is 0 Å². The number of esters is 1. The highest BCUT2D eigenvalue weighted by molar-refractivity contribution is 5.82. The number of allylic oxidation sites excluding steroid dienone is 4. The molecule has 1 fully saturated rings. The molecule has 2 rings (SSSR count). The van der Waals surface area contributed by atoms with E-state index in [-0.39, 0.29) is 24.1 Å². The molecule has 0 N–H and O–H groups in total. The SMILES string of the molecule is CCOC(=O)/C=C/C1CC(C)=CC=C1[C@@H](C)OCC1CO1. The van der Waals surface area contributed by atoms with E-state index >= 15 is 0 Å². The van der Waals surface area contributed by atoms with E-state index in [0.717, 1.165) is 13.0 Å². The lowest BCUT2D eigenvalue weighted by Gasteiger charge is -2.26. The molecule has 0 bridgehead atoms. The summed E-state index contributed by atoms with van der Waals surface area (Å²) in [6.45, 7) is 7.79. The van der Waals surface area contributed by atoms with Crippen LogP contribution in [0.25, 0.3) is 0 Å². The number of hydrogen-bond acceptors (Lipinski definition) is 4. The summed E-state index contributed by atoms with van der Waals surface area (Å²) in [5, 5.41) is 0. The molecule has 0 amide bonds. The van der Waals surface area contributed by atoms with Crippen LogP contribution in [0.1, 0.15) is 27.2 Å². The maximum atomic E-state index is 11.5. The Labute approximate surface area is 126 Å². The number of ether oxygens (including phenoxy) is 3. The van der Waals surface area contributed by atoms with Crippen LogP contribution in [0.4, 0.5) is 0 Å². The molecule has 0 radical (unpaired) electrons. The van der Waals surface area contributed by atoms with Gasteiger partial charge in [-0.25, -0.2) is 4.79 Å². The van der Waals surface area contributed by atoms with Gasteiger partial charge in [0, 0.05) is 12.0 Å². The minimum Gasteiger partial charge on any atom is -0.463 e. The first-order valence-corrected chi connectivity index (χ1v) is 7.55. The van der Waals surface area contributed by atoms with Crippen molar-refractivity contribution in [2.75, 3.05) is 19.8 Å². The minimum atomic E-state index is -0.288. The Kier molecular flexibility index (Phi) is 5.76. The highest BCUT2D eigenvalue weighted by atomic mass is 16.6. The second-order valence-electron chi connectivity index (χ2n) is 5.53. The molecular formula is C17H24O4. The van der Waals surface area contributed by atoms with Gasteiger partial charge in [-0.2, -0.15) is 0 Å². The third-order valence-corrected chi connectivity index (χ3v) is 3.69. The zero-order valence-corrected chi connectivity index (χ0v) is 13.0. The molecule has 2 unspecified atom stereocenters. The van der Waals surface area contributed by atoms with Crippen molar-refractivity contribution in [1.82, 2.24) is 0 Å². The lowest BCUT2D eigenvalue weighted by molar-refractivity contribution is -0.137. The Morgan fingerprint density at radius 1 is 1.52 bits per heavy atom. The first kappa shape index (κ1) is 16.0. The molecule has 1 aliphatic heterocycles. The van der Waals surface area contributed by atoms with Gasteiger partial charge in [0.25, 0.3) is 0 Å². The highest BCUT2D eigenvalue weighted by Crippen LogP contribution is 2.30. The van der Waals surface area contributed by atoms with Crippen molar-refractivity contribution >= 4 is 5.97 Å². The Bertz CT molecular complexity index is 457. The molecule has 4 heteroatoms. The molecule has 3 atom stereocenters. The van der Waals surface area contributed by atoms with Gasteiger partial charge < -0.3 is 14.2 Å². The van der Waals surface area contributed by atoms with Gasteiger partial charge >= 0.3 is 5.97 Å². The number of hydrogen-bond donors (Lipinski definition) is 0. The molecule has 2 aliphatic rings. The first-order valence-electron chi connectivity index (χ1n) is 7.55. The van der Waals surface area contributed by atoms with Crippen molar-refractivity contribution in [3.8, 4) is 0 Å². The minimum absolute atomic E-state index is 0.0235. The molecule has 0 spiro atoms. The fraction of sp³-hybridized carbons (Fsp3) is 0.588. The number of rotatable bonds is 7. The monoisotopic (exact) mass is 292 g/mol. The molecule has 1 heterocycles.